The van der Waals surface area contributed by atoms with E-state index in [1.54, 1.807) is 35.2 Å². The lowest BCUT2D eigenvalue weighted by Crippen LogP contribution is -2.35. The van der Waals surface area contributed by atoms with Gasteiger partial charge in [0.05, 0.1) is 12.3 Å². The fourth-order valence-electron chi connectivity index (χ4n) is 3.45. The number of anilines is 1. The molecule has 0 aromatic heterocycles. The quantitative estimate of drug-likeness (QED) is 0.811. The van der Waals surface area contributed by atoms with Crippen molar-refractivity contribution in [1.82, 2.24) is 4.90 Å². The predicted octanol–water partition coefficient (Wildman–Crippen LogP) is 3.61. The molecule has 27 heavy (non-hydrogen) atoms. The van der Waals surface area contributed by atoms with Crippen LogP contribution >= 0.6 is 11.8 Å². The maximum atomic E-state index is 13.5. The van der Waals surface area contributed by atoms with Crippen LogP contribution < -0.4 is 4.90 Å². The highest BCUT2D eigenvalue weighted by Crippen LogP contribution is 2.29. The number of aryl methyl sites for hydroxylation is 1. The van der Waals surface area contributed by atoms with Crippen LogP contribution in [0.15, 0.2) is 42.5 Å². The number of carbonyl (C=O) groups is 3. The molecule has 0 bridgehead atoms. The third-order valence-corrected chi connectivity index (χ3v) is 5.62. The SMILES string of the molecule is O=C1CSC(=O)N1Cc1cccc(C(=O)N2CCCc3cc(F)ccc32)c1. The van der Waals surface area contributed by atoms with Crippen molar-refractivity contribution in [3.63, 3.8) is 0 Å². The van der Waals surface area contributed by atoms with E-state index in [2.05, 4.69) is 0 Å². The Kier molecular flexibility index (Phi) is 4.70. The van der Waals surface area contributed by atoms with Crippen molar-refractivity contribution < 1.29 is 18.8 Å². The molecule has 0 radical (unpaired) electrons. The summed E-state index contributed by atoms with van der Waals surface area (Å²) in [4.78, 5) is 39.5. The topological polar surface area (TPSA) is 57.7 Å². The van der Waals surface area contributed by atoms with Crippen molar-refractivity contribution in [2.75, 3.05) is 17.2 Å². The lowest BCUT2D eigenvalue weighted by molar-refractivity contribution is -0.125. The molecule has 0 saturated carbocycles. The van der Waals surface area contributed by atoms with E-state index in [0.29, 0.717) is 12.1 Å². The molecule has 2 aromatic rings. The average molecular weight is 384 g/mol. The first kappa shape index (κ1) is 17.7. The number of amides is 3. The summed E-state index contributed by atoms with van der Waals surface area (Å²) < 4.78 is 13.5. The molecular weight excluding hydrogens is 367 g/mol. The molecule has 5 nitrogen and oxygen atoms in total. The third kappa shape index (κ3) is 3.47. The van der Waals surface area contributed by atoms with Crippen LogP contribution in [0.5, 0.6) is 0 Å². The third-order valence-electron chi connectivity index (χ3n) is 4.76. The van der Waals surface area contributed by atoms with Crippen molar-refractivity contribution in [2.24, 2.45) is 0 Å². The van der Waals surface area contributed by atoms with Crippen molar-refractivity contribution >= 4 is 34.5 Å². The second kappa shape index (κ2) is 7.15. The Balaban J connectivity index is 1.59. The number of rotatable bonds is 3. The zero-order valence-electron chi connectivity index (χ0n) is 14.5. The number of nitrogens with zero attached hydrogens (tertiary/aromatic N) is 2. The number of halogens is 1. The van der Waals surface area contributed by atoms with Gasteiger partial charge in [0.25, 0.3) is 11.1 Å². The first-order valence-corrected chi connectivity index (χ1v) is 9.68. The Morgan fingerprint density at radius 2 is 2.00 bits per heavy atom. The maximum absolute atomic E-state index is 13.5. The van der Waals surface area contributed by atoms with Gasteiger partial charge >= 0.3 is 0 Å². The summed E-state index contributed by atoms with van der Waals surface area (Å²) in [6.07, 6.45) is 1.52. The Bertz CT molecular complexity index is 931. The minimum absolute atomic E-state index is 0.160. The standard InChI is InChI=1S/C20H17FN2O3S/c21-16-6-7-17-14(10-16)5-2-8-22(17)19(25)15-4-1-3-13(9-15)11-23-18(24)12-27-20(23)26/h1,3-4,6-7,9-10H,2,5,8,11-12H2. The molecule has 2 aliphatic heterocycles. The van der Waals surface area contributed by atoms with Gasteiger partial charge in [0.15, 0.2) is 0 Å². The zero-order valence-corrected chi connectivity index (χ0v) is 15.3. The monoisotopic (exact) mass is 384 g/mol. The second-order valence-corrected chi connectivity index (χ2v) is 7.49. The number of hydrogen-bond donors (Lipinski definition) is 0. The van der Waals surface area contributed by atoms with E-state index >= 15 is 0 Å². The number of hydrogen-bond acceptors (Lipinski definition) is 4. The van der Waals surface area contributed by atoms with Crippen molar-refractivity contribution in [1.29, 1.82) is 0 Å². The number of benzene rings is 2. The summed E-state index contributed by atoms with van der Waals surface area (Å²) >= 11 is 0.991. The Morgan fingerprint density at radius 3 is 2.78 bits per heavy atom. The molecule has 0 N–H and O–H groups in total. The smallest absolute Gasteiger partial charge is 0.289 e. The number of imide groups is 1. The highest BCUT2D eigenvalue weighted by Gasteiger charge is 2.30. The molecular formula is C20H17FN2O3S. The largest absolute Gasteiger partial charge is 0.308 e. The van der Waals surface area contributed by atoms with Gasteiger partial charge < -0.3 is 4.90 Å². The van der Waals surface area contributed by atoms with Crippen LogP contribution in [-0.2, 0) is 17.8 Å². The molecule has 7 heteroatoms. The number of thioether (sulfide) groups is 1. The van der Waals surface area contributed by atoms with Crippen molar-refractivity contribution in [2.45, 2.75) is 19.4 Å². The first-order valence-electron chi connectivity index (χ1n) is 8.69. The second-order valence-electron chi connectivity index (χ2n) is 6.57. The molecule has 0 spiro atoms. The van der Waals surface area contributed by atoms with Gasteiger partial charge in [-0.25, -0.2) is 4.39 Å². The van der Waals surface area contributed by atoms with Crippen LogP contribution in [0.4, 0.5) is 14.9 Å². The highest BCUT2D eigenvalue weighted by atomic mass is 32.2. The zero-order chi connectivity index (χ0) is 19.0. The normalized spacial score (nSPS) is 16.6. The fourth-order valence-corrected chi connectivity index (χ4v) is 4.18. The van der Waals surface area contributed by atoms with E-state index in [1.165, 1.54) is 17.0 Å². The minimum atomic E-state index is -0.303. The Hall–Kier alpha value is -2.67. The summed E-state index contributed by atoms with van der Waals surface area (Å²) in [5.41, 5.74) is 2.77. The van der Waals surface area contributed by atoms with Gasteiger partial charge in [0.2, 0.25) is 5.91 Å². The molecule has 1 saturated heterocycles. The van der Waals surface area contributed by atoms with Gasteiger partial charge in [0, 0.05) is 17.8 Å². The van der Waals surface area contributed by atoms with Gasteiger partial charge in [-0.15, -0.1) is 0 Å². The van der Waals surface area contributed by atoms with Gasteiger partial charge in [-0.3, -0.25) is 19.3 Å². The van der Waals surface area contributed by atoms with E-state index in [1.807, 2.05) is 0 Å². The molecule has 4 rings (SSSR count). The van der Waals surface area contributed by atoms with Gasteiger partial charge in [-0.05, 0) is 54.3 Å². The Labute approximate surface area is 160 Å². The predicted molar refractivity (Wildman–Crippen MR) is 101 cm³/mol. The summed E-state index contributed by atoms with van der Waals surface area (Å²) in [6, 6.07) is 11.5. The molecule has 1 fully saturated rings. The van der Waals surface area contributed by atoms with E-state index in [4.69, 9.17) is 0 Å². The van der Waals surface area contributed by atoms with E-state index < -0.39 is 0 Å². The molecule has 3 amide bonds. The molecule has 138 valence electrons. The van der Waals surface area contributed by atoms with Gasteiger partial charge in [0.1, 0.15) is 5.82 Å². The van der Waals surface area contributed by atoms with Crippen LogP contribution in [0.25, 0.3) is 0 Å². The lowest BCUT2D eigenvalue weighted by Gasteiger charge is -2.29. The summed E-state index contributed by atoms with van der Waals surface area (Å²) in [5, 5.41) is -0.260. The van der Waals surface area contributed by atoms with Gasteiger partial charge in [-0.2, -0.15) is 0 Å². The fraction of sp³-hybridized carbons (Fsp3) is 0.250. The lowest BCUT2D eigenvalue weighted by atomic mass is 10.00. The van der Waals surface area contributed by atoms with E-state index in [-0.39, 0.29) is 35.2 Å². The van der Waals surface area contributed by atoms with E-state index in [9.17, 15) is 18.8 Å². The Morgan fingerprint density at radius 1 is 1.15 bits per heavy atom. The highest BCUT2D eigenvalue weighted by molar-refractivity contribution is 8.14. The molecule has 0 unspecified atom stereocenters. The van der Waals surface area contributed by atoms with Crippen LogP contribution in [0.2, 0.25) is 0 Å². The summed E-state index contributed by atoms with van der Waals surface area (Å²) in [7, 11) is 0. The van der Waals surface area contributed by atoms with Crippen molar-refractivity contribution in [3.8, 4) is 0 Å². The molecule has 2 heterocycles. The summed E-state index contributed by atoms with van der Waals surface area (Å²) in [6.45, 7) is 0.731. The first-order chi connectivity index (χ1) is 13.0. The molecule has 0 atom stereocenters. The van der Waals surface area contributed by atoms with Crippen LogP contribution in [0.1, 0.15) is 27.9 Å². The van der Waals surface area contributed by atoms with Gasteiger partial charge in [-0.1, -0.05) is 23.9 Å². The van der Waals surface area contributed by atoms with Crippen LogP contribution in [0.3, 0.4) is 0 Å². The maximum Gasteiger partial charge on any atom is 0.289 e. The van der Waals surface area contributed by atoms with E-state index in [0.717, 1.165) is 41.4 Å². The molecule has 0 aliphatic carbocycles. The van der Waals surface area contributed by atoms with Crippen LogP contribution in [0, 0.1) is 5.82 Å². The number of carbonyl (C=O) groups excluding carboxylic acids is 3. The van der Waals surface area contributed by atoms with Crippen molar-refractivity contribution in [3.05, 3.63) is 65.0 Å². The molecule has 2 aliphatic rings. The van der Waals surface area contributed by atoms with Crippen LogP contribution in [-0.4, -0.2) is 34.3 Å². The minimum Gasteiger partial charge on any atom is -0.308 e. The molecule has 2 aromatic carbocycles. The number of fused-ring (bicyclic) bond motifs is 1. The summed E-state index contributed by atoms with van der Waals surface area (Å²) in [5.74, 6) is -0.520. The average Bonchev–Trinajstić information content (AvgIpc) is 2.99.